The molecule has 7 rings (SSSR count). The summed E-state index contributed by atoms with van der Waals surface area (Å²) in [4.78, 5) is 40.7. The van der Waals surface area contributed by atoms with Crippen LogP contribution in [0.1, 0.15) is 27.9 Å². The van der Waals surface area contributed by atoms with Crippen LogP contribution in [0.3, 0.4) is 0 Å². The van der Waals surface area contributed by atoms with Gasteiger partial charge in [-0.1, -0.05) is 24.3 Å². The van der Waals surface area contributed by atoms with Gasteiger partial charge in [0.15, 0.2) is 0 Å². The van der Waals surface area contributed by atoms with E-state index in [1.165, 1.54) is 4.90 Å². The number of ether oxygens (including phenoxy) is 1. The number of amides is 2. The second-order valence-corrected chi connectivity index (χ2v) is 9.43. The molecular formula is C26H23NO4. The molecule has 0 unspecified atom stereocenters. The summed E-state index contributed by atoms with van der Waals surface area (Å²) in [7, 11) is 0. The van der Waals surface area contributed by atoms with Crippen molar-refractivity contribution >= 4 is 23.5 Å². The predicted octanol–water partition coefficient (Wildman–Crippen LogP) is 4.08. The van der Waals surface area contributed by atoms with E-state index in [9.17, 15) is 14.4 Å². The zero-order chi connectivity index (χ0) is 21.4. The second-order valence-electron chi connectivity index (χ2n) is 9.43. The van der Waals surface area contributed by atoms with Crippen LogP contribution in [0.4, 0.5) is 5.69 Å². The largest absolute Gasteiger partial charge is 0.423 e. The lowest BCUT2D eigenvalue weighted by Gasteiger charge is -2.37. The average molecular weight is 413 g/mol. The van der Waals surface area contributed by atoms with Crippen LogP contribution in [0.25, 0.3) is 0 Å². The standard InChI is InChI=1S/C26H23NO4/c1-13-8-14(2)10-17(9-13)31-26(30)15-4-3-5-16(11-15)27-24(28)22-18-6-7-19(21-12-20(18)21)23(22)25(27)29/h3-11,18-23H,12H2,1-2H3/t18-,19+,20-,21-,22+,23+/m1/s1. The molecule has 4 aliphatic carbocycles. The maximum absolute atomic E-state index is 13.3. The zero-order valence-electron chi connectivity index (χ0n) is 17.4. The van der Waals surface area contributed by atoms with E-state index in [1.54, 1.807) is 36.4 Å². The normalized spacial score (nSPS) is 32.1. The average Bonchev–Trinajstić information content (AvgIpc) is 3.51. The first-order valence-electron chi connectivity index (χ1n) is 10.9. The second kappa shape index (κ2) is 6.39. The molecule has 2 saturated carbocycles. The first kappa shape index (κ1) is 18.6. The van der Waals surface area contributed by atoms with Gasteiger partial charge >= 0.3 is 5.97 Å². The summed E-state index contributed by atoms with van der Waals surface area (Å²) in [6.45, 7) is 3.89. The summed E-state index contributed by atoms with van der Waals surface area (Å²) in [6, 6.07) is 12.3. The highest BCUT2D eigenvalue weighted by molar-refractivity contribution is 6.23. The van der Waals surface area contributed by atoms with Crippen LogP contribution in [0.5, 0.6) is 5.75 Å². The van der Waals surface area contributed by atoms with Gasteiger partial charge in [-0.3, -0.25) is 9.59 Å². The molecule has 0 aromatic heterocycles. The molecule has 31 heavy (non-hydrogen) atoms. The van der Waals surface area contributed by atoms with E-state index in [0.29, 0.717) is 28.8 Å². The Balaban J connectivity index is 1.28. The zero-order valence-corrected chi connectivity index (χ0v) is 17.4. The number of rotatable bonds is 3. The first-order valence-corrected chi connectivity index (χ1v) is 10.9. The number of allylic oxidation sites excluding steroid dienone is 2. The molecule has 1 heterocycles. The summed E-state index contributed by atoms with van der Waals surface area (Å²) in [5.74, 6) is 0.700. The van der Waals surface area contributed by atoms with E-state index in [2.05, 4.69) is 12.2 Å². The summed E-state index contributed by atoms with van der Waals surface area (Å²) in [6.07, 6.45) is 5.45. The van der Waals surface area contributed by atoms with Gasteiger partial charge in [-0.15, -0.1) is 0 Å². The lowest BCUT2D eigenvalue weighted by atomic mass is 9.63. The van der Waals surface area contributed by atoms with Gasteiger partial charge in [0.25, 0.3) is 0 Å². The molecule has 2 amide bonds. The molecule has 0 N–H and O–H groups in total. The molecule has 3 fully saturated rings. The summed E-state index contributed by atoms with van der Waals surface area (Å²) in [5.41, 5.74) is 2.78. The van der Waals surface area contributed by atoms with Crippen molar-refractivity contribution in [3.05, 3.63) is 71.3 Å². The fourth-order valence-corrected chi connectivity index (χ4v) is 6.14. The Bertz CT molecular complexity index is 1130. The van der Waals surface area contributed by atoms with Gasteiger partial charge in [-0.05, 0) is 85.4 Å². The highest BCUT2D eigenvalue weighted by Crippen LogP contribution is 2.65. The van der Waals surface area contributed by atoms with Crippen molar-refractivity contribution in [3.63, 3.8) is 0 Å². The molecule has 1 aliphatic heterocycles. The number of carbonyl (C=O) groups excluding carboxylic acids is 3. The summed E-state index contributed by atoms with van der Waals surface area (Å²) in [5, 5.41) is 0. The Morgan fingerprint density at radius 2 is 1.52 bits per heavy atom. The quantitative estimate of drug-likeness (QED) is 0.329. The van der Waals surface area contributed by atoms with Crippen LogP contribution < -0.4 is 9.64 Å². The Kier molecular flexibility index (Phi) is 3.83. The molecule has 5 aliphatic rings. The van der Waals surface area contributed by atoms with Crippen molar-refractivity contribution in [3.8, 4) is 5.75 Å². The van der Waals surface area contributed by atoms with Crippen molar-refractivity contribution in [2.45, 2.75) is 20.3 Å². The van der Waals surface area contributed by atoms with Crippen LogP contribution >= 0.6 is 0 Å². The SMILES string of the molecule is Cc1cc(C)cc(OC(=O)c2cccc(N3C(=O)[C@H]4[C@@H]5C=C[C@@H]([C@H]6C[C@H]56)[C@@H]4C3=O)c2)c1. The van der Waals surface area contributed by atoms with Gasteiger partial charge in [0.05, 0.1) is 23.1 Å². The van der Waals surface area contributed by atoms with Crippen LogP contribution in [-0.2, 0) is 9.59 Å². The highest BCUT2D eigenvalue weighted by atomic mass is 16.5. The third-order valence-electron chi connectivity index (χ3n) is 7.41. The van der Waals surface area contributed by atoms with E-state index >= 15 is 0 Å². The lowest BCUT2D eigenvalue weighted by molar-refractivity contribution is -0.124. The van der Waals surface area contributed by atoms with E-state index in [4.69, 9.17) is 4.74 Å². The molecule has 2 bridgehead atoms. The number of nitrogens with zero attached hydrogens (tertiary/aromatic N) is 1. The minimum absolute atomic E-state index is 0.125. The molecular weight excluding hydrogens is 390 g/mol. The number of imide groups is 1. The third-order valence-corrected chi connectivity index (χ3v) is 7.41. The van der Waals surface area contributed by atoms with Crippen molar-refractivity contribution in [2.24, 2.45) is 35.5 Å². The van der Waals surface area contributed by atoms with Gasteiger partial charge < -0.3 is 4.74 Å². The third kappa shape index (κ3) is 2.72. The summed E-state index contributed by atoms with van der Waals surface area (Å²) >= 11 is 0. The highest BCUT2D eigenvalue weighted by Gasteiger charge is 2.67. The Labute approximate surface area is 180 Å². The number of esters is 1. The molecule has 5 heteroatoms. The van der Waals surface area contributed by atoms with Crippen LogP contribution in [0.15, 0.2) is 54.6 Å². The molecule has 1 saturated heterocycles. The fraction of sp³-hybridized carbons (Fsp3) is 0.346. The molecule has 6 atom stereocenters. The number of hydrogen-bond donors (Lipinski definition) is 0. The molecule has 2 aromatic rings. The minimum Gasteiger partial charge on any atom is -0.423 e. The molecule has 0 spiro atoms. The maximum Gasteiger partial charge on any atom is 0.343 e. The Morgan fingerprint density at radius 1 is 0.903 bits per heavy atom. The van der Waals surface area contributed by atoms with Crippen molar-refractivity contribution in [1.29, 1.82) is 0 Å². The smallest absolute Gasteiger partial charge is 0.343 e. The van der Waals surface area contributed by atoms with Gasteiger partial charge in [-0.25, -0.2) is 9.69 Å². The van der Waals surface area contributed by atoms with E-state index in [0.717, 1.165) is 17.5 Å². The minimum atomic E-state index is -0.508. The molecule has 0 radical (unpaired) electrons. The predicted molar refractivity (Wildman–Crippen MR) is 115 cm³/mol. The van der Waals surface area contributed by atoms with Crippen molar-refractivity contribution in [1.82, 2.24) is 0 Å². The fourth-order valence-electron chi connectivity index (χ4n) is 6.14. The van der Waals surface area contributed by atoms with Crippen LogP contribution in [0, 0.1) is 49.4 Å². The Hall–Kier alpha value is -3.21. The number of anilines is 1. The van der Waals surface area contributed by atoms with E-state index in [1.807, 2.05) is 19.9 Å². The van der Waals surface area contributed by atoms with E-state index in [-0.39, 0.29) is 35.5 Å². The van der Waals surface area contributed by atoms with Crippen molar-refractivity contribution in [2.75, 3.05) is 4.90 Å². The molecule has 156 valence electrons. The van der Waals surface area contributed by atoms with Crippen molar-refractivity contribution < 1.29 is 19.1 Å². The van der Waals surface area contributed by atoms with Crippen LogP contribution in [-0.4, -0.2) is 17.8 Å². The van der Waals surface area contributed by atoms with E-state index < -0.39 is 5.97 Å². The Morgan fingerprint density at radius 3 is 2.13 bits per heavy atom. The first-order chi connectivity index (χ1) is 14.9. The maximum atomic E-state index is 13.3. The molecule has 2 aromatic carbocycles. The van der Waals surface area contributed by atoms with Crippen LogP contribution in [0.2, 0.25) is 0 Å². The monoisotopic (exact) mass is 413 g/mol. The van der Waals surface area contributed by atoms with Gasteiger partial charge in [-0.2, -0.15) is 0 Å². The number of hydrogen-bond acceptors (Lipinski definition) is 4. The number of aryl methyl sites for hydroxylation is 2. The van der Waals surface area contributed by atoms with Gasteiger partial charge in [0, 0.05) is 0 Å². The number of benzene rings is 2. The lowest BCUT2D eigenvalue weighted by Crippen LogP contribution is -2.40. The number of carbonyl (C=O) groups is 3. The topological polar surface area (TPSA) is 63.7 Å². The summed E-state index contributed by atoms with van der Waals surface area (Å²) < 4.78 is 5.55. The van der Waals surface area contributed by atoms with Gasteiger partial charge in [0.1, 0.15) is 5.75 Å². The molecule has 5 nitrogen and oxygen atoms in total. The van der Waals surface area contributed by atoms with Gasteiger partial charge in [0.2, 0.25) is 11.8 Å².